The lowest BCUT2D eigenvalue weighted by Crippen LogP contribution is -2.08. The maximum absolute atomic E-state index is 10.7. The van der Waals surface area contributed by atoms with E-state index in [2.05, 4.69) is 18.5 Å². The van der Waals surface area contributed by atoms with Crippen molar-refractivity contribution < 1.29 is 4.92 Å². The SMILES string of the molecule is CSC(C)CCNc1cc(N)cc([N+](=O)[O-])c1. The first-order valence-corrected chi connectivity index (χ1v) is 6.63. The molecular formula is C11H17N3O2S. The van der Waals surface area contributed by atoms with Crippen LogP contribution in [0.3, 0.4) is 0 Å². The van der Waals surface area contributed by atoms with Gasteiger partial charge in [0, 0.05) is 35.3 Å². The predicted molar refractivity (Wildman–Crippen MR) is 73.6 cm³/mol. The van der Waals surface area contributed by atoms with Gasteiger partial charge < -0.3 is 11.1 Å². The van der Waals surface area contributed by atoms with Gasteiger partial charge in [0.05, 0.1) is 4.92 Å². The van der Waals surface area contributed by atoms with Crippen molar-refractivity contribution in [1.29, 1.82) is 0 Å². The van der Waals surface area contributed by atoms with E-state index in [0.717, 1.165) is 13.0 Å². The third-order valence-corrected chi connectivity index (χ3v) is 3.47. The summed E-state index contributed by atoms with van der Waals surface area (Å²) in [6, 6.07) is 4.56. The number of hydrogen-bond acceptors (Lipinski definition) is 5. The summed E-state index contributed by atoms with van der Waals surface area (Å²) >= 11 is 1.80. The van der Waals surface area contributed by atoms with Gasteiger partial charge in [-0.1, -0.05) is 6.92 Å². The molecule has 0 fully saturated rings. The summed E-state index contributed by atoms with van der Waals surface area (Å²) in [6.45, 7) is 2.93. The van der Waals surface area contributed by atoms with E-state index in [-0.39, 0.29) is 5.69 Å². The Kier molecular flexibility index (Phi) is 5.09. The van der Waals surface area contributed by atoms with Crippen molar-refractivity contribution in [1.82, 2.24) is 0 Å². The second kappa shape index (κ2) is 6.34. The molecular weight excluding hydrogens is 238 g/mol. The second-order valence-electron chi connectivity index (χ2n) is 3.83. The zero-order chi connectivity index (χ0) is 12.8. The molecule has 0 radical (unpaired) electrons. The number of hydrogen-bond donors (Lipinski definition) is 2. The fraction of sp³-hybridized carbons (Fsp3) is 0.455. The first kappa shape index (κ1) is 13.6. The molecule has 0 aliphatic rings. The van der Waals surface area contributed by atoms with Gasteiger partial charge in [0.1, 0.15) is 0 Å². The Labute approximate surface area is 105 Å². The minimum absolute atomic E-state index is 0.0189. The maximum Gasteiger partial charge on any atom is 0.273 e. The molecule has 0 aliphatic heterocycles. The number of nitrogens with zero attached hydrogens (tertiary/aromatic N) is 1. The average Bonchev–Trinajstić information content (AvgIpc) is 2.28. The predicted octanol–water partition coefficient (Wildman–Crippen LogP) is 2.73. The Morgan fingerprint density at radius 1 is 1.53 bits per heavy atom. The molecule has 0 heterocycles. The molecule has 5 nitrogen and oxygen atoms in total. The molecule has 1 aromatic rings. The Bertz CT molecular complexity index is 398. The zero-order valence-corrected chi connectivity index (χ0v) is 10.8. The molecule has 1 rings (SSSR count). The minimum Gasteiger partial charge on any atom is -0.398 e. The molecule has 1 unspecified atom stereocenters. The molecule has 0 saturated heterocycles. The maximum atomic E-state index is 10.7. The van der Waals surface area contributed by atoms with Crippen LogP contribution in [0.15, 0.2) is 18.2 Å². The summed E-state index contributed by atoms with van der Waals surface area (Å²) in [7, 11) is 0. The number of nitro groups is 1. The minimum atomic E-state index is -0.438. The monoisotopic (exact) mass is 255 g/mol. The molecule has 1 aromatic carbocycles. The number of nitrogen functional groups attached to an aromatic ring is 1. The molecule has 3 N–H and O–H groups in total. The van der Waals surface area contributed by atoms with E-state index in [1.165, 1.54) is 12.1 Å². The Hall–Kier alpha value is -1.43. The fourth-order valence-electron chi connectivity index (χ4n) is 1.38. The highest BCUT2D eigenvalue weighted by Gasteiger charge is 2.08. The Balaban J connectivity index is 2.62. The van der Waals surface area contributed by atoms with E-state index in [9.17, 15) is 10.1 Å². The van der Waals surface area contributed by atoms with Crippen molar-refractivity contribution in [2.24, 2.45) is 0 Å². The number of nitrogens with one attached hydrogen (secondary N) is 1. The first-order chi connectivity index (χ1) is 8.02. The van der Waals surface area contributed by atoms with Crippen molar-refractivity contribution in [2.75, 3.05) is 23.9 Å². The highest BCUT2D eigenvalue weighted by Crippen LogP contribution is 2.22. The van der Waals surface area contributed by atoms with Crippen LogP contribution in [0.1, 0.15) is 13.3 Å². The number of benzene rings is 1. The lowest BCUT2D eigenvalue weighted by molar-refractivity contribution is -0.384. The molecule has 0 aromatic heterocycles. The standard InChI is InChI=1S/C11H17N3O2S/c1-8(17-2)3-4-13-10-5-9(12)6-11(7-10)14(15)16/h5-8,13H,3-4,12H2,1-2H3. The van der Waals surface area contributed by atoms with Gasteiger partial charge in [0.15, 0.2) is 0 Å². The van der Waals surface area contributed by atoms with Crippen LogP contribution < -0.4 is 11.1 Å². The van der Waals surface area contributed by atoms with Crippen molar-refractivity contribution in [3.05, 3.63) is 28.3 Å². The third kappa shape index (κ3) is 4.52. The van der Waals surface area contributed by atoms with Crippen molar-refractivity contribution >= 4 is 28.8 Å². The summed E-state index contributed by atoms with van der Waals surface area (Å²) in [4.78, 5) is 10.2. The van der Waals surface area contributed by atoms with Crippen LogP contribution in [-0.2, 0) is 0 Å². The van der Waals surface area contributed by atoms with Crippen LogP contribution in [0.2, 0.25) is 0 Å². The second-order valence-corrected chi connectivity index (χ2v) is 5.11. The van der Waals surface area contributed by atoms with Crippen LogP contribution in [0.4, 0.5) is 17.1 Å². The number of non-ortho nitro benzene ring substituents is 1. The highest BCUT2D eigenvalue weighted by atomic mass is 32.2. The van der Waals surface area contributed by atoms with Gasteiger partial charge in [-0.3, -0.25) is 10.1 Å². The lowest BCUT2D eigenvalue weighted by Gasteiger charge is -2.10. The van der Waals surface area contributed by atoms with E-state index in [1.54, 1.807) is 17.8 Å². The lowest BCUT2D eigenvalue weighted by atomic mass is 10.2. The molecule has 0 amide bonds. The van der Waals surface area contributed by atoms with Crippen LogP contribution in [-0.4, -0.2) is 23.0 Å². The van der Waals surface area contributed by atoms with Gasteiger partial charge in [-0.15, -0.1) is 0 Å². The van der Waals surface area contributed by atoms with Crippen molar-refractivity contribution in [3.8, 4) is 0 Å². The van der Waals surface area contributed by atoms with Gasteiger partial charge in [-0.2, -0.15) is 11.8 Å². The normalized spacial score (nSPS) is 12.1. The van der Waals surface area contributed by atoms with Crippen molar-refractivity contribution in [3.63, 3.8) is 0 Å². The van der Waals surface area contributed by atoms with Gasteiger partial charge >= 0.3 is 0 Å². The Morgan fingerprint density at radius 3 is 2.82 bits per heavy atom. The summed E-state index contributed by atoms with van der Waals surface area (Å²) in [5.41, 5.74) is 6.73. The van der Waals surface area contributed by atoms with Gasteiger partial charge in [0.25, 0.3) is 5.69 Å². The number of nitrogens with two attached hydrogens (primary N) is 1. The topological polar surface area (TPSA) is 81.2 Å². The third-order valence-electron chi connectivity index (χ3n) is 2.43. The molecule has 17 heavy (non-hydrogen) atoms. The molecule has 0 saturated carbocycles. The number of anilines is 2. The average molecular weight is 255 g/mol. The van der Waals surface area contributed by atoms with E-state index in [4.69, 9.17) is 5.73 Å². The van der Waals surface area contributed by atoms with Crippen LogP contribution in [0.25, 0.3) is 0 Å². The highest BCUT2D eigenvalue weighted by molar-refractivity contribution is 7.99. The van der Waals surface area contributed by atoms with E-state index < -0.39 is 4.92 Å². The molecule has 0 aliphatic carbocycles. The number of nitro benzene ring substituents is 1. The summed E-state index contributed by atoms with van der Waals surface area (Å²) in [5.74, 6) is 0. The fourth-order valence-corrected chi connectivity index (χ4v) is 1.73. The number of rotatable bonds is 6. The van der Waals surface area contributed by atoms with Crippen LogP contribution in [0, 0.1) is 10.1 Å². The van der Waals surface area contributed by atoms with Crippen LogP contribution in [0.5, 0.6) is 0 Å². The quantitative estimate of drug-likeness (QED) is 0.464. The smallest absolute Gasteiger partial charge is 0.273 e. The molecule has 0 spiro atoms. The first-order valence-electron chi connectivity index (χ1n) is 5.34. The van der Waals surface area contributed by atoms with Crippen molar-refractivity contribution in [2.45, 2.75) is 18.6 Å². The molecule has 1 atom stereocenters. The van der Waals surface area contributed by atoms with Gasteiger partial charge in [-0.05, 0) is 18.7 Å². The molecule has 94 valence electrons. The summed E-state index contributed by atoms with van der Waals surface area (Å²) in [6.07, 6.45) is 3.07. The van der Waals surface area contributed by atoms with Gasteiger partial charge in [0.2, 0.25) is 0 Å². The summed E-state index contributed by atoms with van der Waals surface area (Å²) < 4.78 is 0. The Morgan fingerprint density at radius 2 is 2.24 bits per heavy atom. The van der Waals surface area contributed by atoms with E-state index >= 15 is 0 Å². The zero-order valence-electron chi connectivity index (χ0n) is 9.97. The van der Waals surface area contributed by atoms with Gasteiger partial charge in [-0.25, -0.2) is 0 Å². The van der Waals surface area contributed by atoms with E-state index in [0.29, 0.717) is 16.6 Å². The largest absolute Gasteiger partial charge is 0.398 e. The molecule has 0 bridgehead atoms. The number of thioether (sulfide) groups is 1. The van der Waals surface area contributed by atoms with Crippen LogP contribution >= 0.6 is 11.8 Å². The van der Waals surface area contributed by atoms with E-state index in [1.807, 2.05) is 0 Å². The summed E-state index contributed by atoms with van der Waals surface area (Å²) in [5, 5.41) is 14.4. The molecule has 6 heteroatoms.